The lowest BCUT2D eigenvalue weighted by molar-refractivity contribution is -0.122. The number of nitrogens with one attached hydrogen (secondary N) is 1. The normalized spacial score (nSPS) is 24.0. The van der Waals surface area contributed by atoms with Gasteiger partial charge in [0.15, 0.2) is 5.13 Å². The molecule has 3 rings (SSSR count). The van der Waals surface area contributed by atoms with E-state index in [2.05, 4.69) is 15.2 Å². The third-order valence-electron chi connectivity index (χ3n) is 3.72. The number of hydrogen-bond donors (Lipinski definition) is 1. The van der Waals surface area contributed by atoms with Gasteiger partial charge < -0.3 is 10.2 Å². The summed E-state index contributed by atoms with van der Waals surface area (Å²) < 4.78 is 0. The molecule has 1 aromatic rings. The maximum atomic E-state index is 11.6. The highest BCUT2D eigenvalue weighted by Crippen LogP contribution is 2.29. The van der Waals surface area contributed by atoms with Gasteiger partial charge in [-0.1, -0.05) is 0 Å². The van der Waals surface area contributed by atoms with Crippen LogP contribution in [0.1, 0.15) is 25.7 Å². The molecule has 1 amide bonds. The van der Waals surface area contributed by atoms with Gasteiger partial charge in [-0.2, -0.15) is 0 Å². The summed E-state index contributed by atoms with van der Waals surface area (Å²) >= 11 is 1.70. The second-order valence-electron chi connectivity index (χ2n) is 5.29. The molecule has 18 heavy (non-hydrogen) atoms. The fraction of sp³-hybridized carbons (Fsp3) is 0.692. The SMILES string of the molecule is O=C(NCC1CCCN(c2nccs2)C1)C1CC1. The van der Waals surface area contributed by atoms with Gasteiger partial charge in [-0.05, 0) is 31.6 Å². The topological polar surface area (TPSA) is 45.2 Å². The van der Waals surface area contributed by atoms with Crippen molar-refractivity contribution in [3.8, 4) is 0 Å². The first-order chi connectivity index (χ1) is 8.83. The van der Waals surface area contributed by atoms with E-state index in [4.69, 9.17) is 0 Å². The van der Waals surface area contributed by atoms with E-state index in [1.807, 2.05) is 11.6 Å². The zero-order chi connectivity index (χ0) is 12.4. The molecular weight excluding hydrogens is 246 g/mol. The van der Waals surface area contributed by atoms with Gasteiger partial charge in [0, 0.05) is 37.1 Å². The highest BCUT2D eigenvalue weighted by molar-refractivity contribution is 7.13. The summed E-state index contributed by atoms with van der Waals surface area (Å²) in [6.07, 6.45) is 6.44. The van der Waals surface area contributed by atoms with E-state index in [9.17, 15) is 4.79 Å². The minimum atomic E-state index is 0.265. The lowest BCUT2D eigenvalue weighted by Gasteiger charge is -2.32. The molecular formula is C13H19N3OS. The van der Waals surface area contributed by atoms with Crippen LogP contribution in [-0.2, 0) is 4.79 Å². The van der Waals surface area contributed by atoms with Crippen molar-refractivity contribution < 1.29 is 4.79 Å². The Morgan fingerprint density at radius 1 is 1.50 bits per heavy atom. The summed E-state index contributed by atoms with van der Waals surface area (Å²) in [6.45, 7) is 2.95. The highest BCUT2D eigenvalue weighted by Gasteiger charge is 2.30. The van der Waals surface area contributed by atoms with Crippen LogP contribution in [0, 0.1) is 11.8 Å². The molecule has 5 heteroatoms. The predicted octanol–water partition coefficient (Wildman–Crippen LogP) is 1.89. The van der Waals surface area contributed by atoms with Gasteiger partial charge in [0.25, 0.3) is 0 Å². The van der Waals surface area contributed by atoms with Crippen molar-refractivity contribution in [1.29, 1.82) is 0 Å². The second kappa shape index (κ2) is 5.26. The van der Waals surface area contributed by atoms with Crippen LogP contribution in [0.4, 0.5) is 5.13 Å². The van der Waals surface area contributed by atoms with Crippen molar-refractivity contribution in [3.63, 3.8) is 0 Å². The van der Waals surface area contributed by atoms with Crippen molar-refractivity contribution in [2.45, 2.75) is 25.7 Å². The van der Waals surface area contributed by atoms with Crippen molar-refractivity contribution in [2.75, 3.05) is 24.5 Å². The molecule has 0 spiro atoms. The maximum Gasteiger partial charge on any atom is 0.223 e. The van der Waals surface area contributed by atoms with Gasteiger partial charge in [0.2, 0.25) is 5.91 Å². The van der Waals surface area contributed by atoms with Gasteiger partial charge in [-0.15, -0.1) is 11.3 Å². The second-order valence-corrected chi connectivity index (χ2v) is 6.16. The Bertz CT molecular complexity index is 402. The summed E-state index contributed by atoms with van der Waals surface area (Å²) in [5.41, 5.74) is 0. The van der Waals surface area contributed by atoms with Crippen LogP contribution < -0.4 is 10.2 Å². The summed E-state index contributed by atoms with van der Waals surface area (Å²) in [7, 11) is 0. The average molecular weight is 265 g/mol. The number of carbonyl (C=O) groups excluding carboxylic acids is 1. The number of anilines is 1. The minimum Gasteiger partial charge on any atom is -0.356 e. The smallest absolute Gasteiger partial charge is 0.223 e. The number of aromatic nitrogens is 1. The number of nitrogens with zero attached hydrogens (tertiary/aromatic N) is 2. The summed E-state index contributed by atoms with van der Waals surface area (Å²) in [4.78, 5) is 18.3. The molecule has 1 aliphatic heterocycles. The molecule has 98 valence electrons. The van der Waals surface area contributed by atoms with Gasteiger partial charge in [-0.25, -0.2) is 4.98 Å². The zero-order valence-corrected chi connectivity index (χ0v) is 11.3. The Morgan fingerprint density at radius 2 is 2.39 bits per heavy atom. The average Bonchev–Trinajstić information content (AvgIpc) is 3.11. The molecule has 2 heterocycles. The van der Waals surface area contributed by atoms with E-state index in [-0.39, 0.29) is 5.91 Å². The molecule has 0 bridgehead atoms. The molecule has 2 fully saturated rings. The lowest BCUT2D eigenvalue weighted by Crippen LogP contribution is -2.41. The fourth-order valence-corrected chi connectivity index (χ4v) is 3.19. The number of amides is 1. The van der Waals surface area contributed by atoms with Gasteiger partial charge in [0.1, 0.15) is 0 Å². The minimum absolute atomic E-state index is 0.265. The number of piperidine rings is 1. The summed E-state index contributed by atoms with van der Waals surface area (Å²) in [6, 6.07) is 0. The third-order valence-corrected chi connectivity index (χ3v) is 4.55. The number of hydrogen-bond acceptors (Lipinski definition) is 4. The third kappa shape index (κ3) is 2.83. The van der Waals surface area contributed by atoms with Gasteiger partial charge in [0.05, 0.1) is 0 Å². The van der Waals surface area contributed by atoms with Crippen LogP contribution in [0.3, 0.4) is 0 Å². The standard InChI is InChI=1S/C13H19N3OS/c17-12(11-3-4-11)15-8-10-2-1-6-16(9-10)13-14-5-7-18-13/h5,7,10-11H,1-4,6,8-9H2,(H,15,17). The molecule has 0 radical (unpaired) electrons. The van der Waals surface area contributed by atoms with Crippen LogP contribution in [0.25, 0.3) is 0 Å². The van der Waals surface area contributed by atoms with Crippen LogP contribution in [-0.4, -0.2) is 30.5 Å². The molecule has 1 aromatic heterocycles. The molecule has 2 aliphatic rings. The Kier molecular flexibility index (Phi) is 3.50. The molecule has 1 unspecified atom stereocenters. The van der Waals surface area contributed by atoms with Crippen LogP contribution in [0.5, 0.6) is 0 Å². The molecule has 1 saturated heterocycles. The quantitative estimate of drug-likeness (QED) is 0.904. The maximum absolute atomic E-state index is 11.6. The number of carbonyl (C=O) groups is 1. The Balaban J connectivity index is 1.49. The highest BCUT2D eigenvalue weighted by atomic mass is 32.1. The van der Waals surface area contributed by atoms with E-state index < -0.39 is 0 Å². The van der Waals surface area contributed by atoms with E-state index in [0.717, 1.165) is 37.6 Å². The fourth-order valence-electron chi connectivity index (χ4n) is 2.51. The first-order valence-electron chi connectivity index (χ1n) is 6.75. The largest absolute Gasteiger partial charge is 0.356 e. The first kappa shape index (κ1) is 12.0. The van der Waals surface area contributed by atoms with Gasteiger partial charge >= 0.3 is 0 Å². The number of thiazole rings is 1. The molecule has 1 aliphatic carbocycles. The van der Waals surface area contributed by atoms with Crippen molar-refractivity contribution in [3.05, 3.63) is 11.6 Å². The number of rotatable bonds is 4. The molecule has 0 aromatic carbocycles. The summed E-state index contributed by atoms with van der Waals surface area (Å²) in [5.74, 6) is 1.16. The van der Waals surface area contributed by atoms with Crippen molar-refractivity contribution in [2.24, 2.45) is 11.8 Å². The monoisotopic (exact) mass is 265 g/mol. The zero-order valence-electron chi connectivity index (χ0n) is 10.5. The van der Waals surface area contributed by atoms with E-state index >= 15 is 0 Å². The Morgan fingerprint density at radius 3 is 3.11 bits per heavy atom. The van der Waals surface area contributed by atoms with Crippen LogP contribution in [0.2, 0.25) is 0 Å². The van der Waals surface area contributed by atoms with Crippen molar-refractivity contribution >= 4 is 22.4 Å². The van der Waals surface area contributed by atoms with Crippen molar-refractivity contribution in [1.82, 2.24) is 10.3 Å². The summed E-state index contributed by atoms with van der Waals surface area (Å²) in [5, 5.41) is 6.24. The van der Waals surface area contributed by atoms with E-state index in [0.29, 0.717) is 11.8 Å². The Hall–Kier alpha value is -1.10. The Labute approximate surface area is 111 Å². The molecule has 1 atom stereocenters. The van der Waals surface area contributed by atoms with Gasteiger partial charge in [-0.3, -0.25) is 4.79 Å². The van der Waals surface area contributed by atoms with Crippen LogP contribution >= 0.6 is 11.3 Å². The van der Waals surface area contributed by atoms with Crippen LogP contribution in [0.15, 0.2) is 11.6 Å². The molecule has 4 nitrogen and oxygen atoms in total. The first-order valence-corrected chi connectivity index (χ1v) is 7.63. The molecule has 1 saturated carbocycles. The lowest BCUT2D eigenvalue weighted by atomic mass is 9.98. The predicted molar refractivity (Wildman–Crippen MR) is 72.8 cm³/mol. The molecule has 1 N–H and O–H groups in total. The van der Waals surface area contributed by atoms with E-state index in [1.165, 1.54) is 12.8 Å². The van der Waals surface area contributed by atoms with E-state index in [1.54, 1.807) is 11.3 Å².